The Morgan fingerprint density at radius 3 is 2.71 bits per heavy atom. The summed E-state index contributed by atoms with van der Waals surface area (Å²) >= 11 is 1.80. The van der Waals surface area contributed by atoms with Crippen molar-refractivity contribution < 1.29 is 4.42 Å². The van der Waals surface area contributed by atoms with Crippen LogP contribution in [0.25, 0.3) is 0 Å². The van der Waals surface area contributed by atoms with E-state index in [1.165, 1.54) is 9.88 Å². The molecule has 0 aliphatic heterocycles. The molecule has 0 aliphatic rings. The van der Waals surface area contributed by atoms with Crippen molar-refractivity contribution in [2.75, 3.05) is 19.6 Å². The van der Waals surface area contributed by atoms with Crippen LogP contribution >= 0.6 is 11.3 Å². The average Bonchev–Trinajstić information content (AvgIpc) is 3.23. The van der Waals surface area contributed by atoms with E-state index in [9.17, 15) is 0 Å². The van der Waals surface area contributed by atoms with Gasteiger partial charge in [-0.1, -0.05) is 20.8 Å². The highest BCUT2D eigenvalue weighted by atomic mass is 32.1. The molecular weight excluding hydrogens is 320 g/mol. The quantitative estimate of drug-likeness (QED) is 0.539. The van der Waals surface area contributed by atoms with E-state index in [0.29, 0.717) is 5.92 Å². The molecule has 5 nitrogen and oxygen atoms in total. The van der Waals surface area contributed by atoms with Gasteiger partial charge in [0.25, 0.3) is 0 Å². The summed E-state index contributed by atoms with van der Waals surface area (Å²) in [6.45, 7) is 8.95. The van der Waals surface area contributed by atoms with Crippen LogP contribution < -0.4 is 10.6 Å². The molecule has 24 heavy (non-hydrogen) atoms. The van der Waals surface area contributed by atoms with Crippen LogP contribution in [0.15, 0.2) is 34.0 Å². The number of rotatable bonds is 9. The van der Waals surface area contributed by atoms with Crippen LogP contribution in [0.2, 0.25) is 0 Å². The van der Waals surface area contributed by atoms with E-state index in [4.69, 9.17) is 4.42 Å². The number of aromatic nitrogens is 1. The number of hydrogen-bond acceptors (Lipinski definition) is 4. The predicted octanol–water partition coefficient (Wildman–Crippen LogP) is 3.27. The molecule has 0 fully saturated rings. The predicted molar refractivity (Wildman–Crippen MR) is 101 cm³/mol. The fourth-order valence-corrected chi connectivity index (χ4v) is 2.98. The number of aryl methyl sites for hydroxylation is 1. The number of nitrogens with one attached hydrogen (secondary N) is 2. The first-order valence-electron chi connectivity index (χ1n) is 8.65. The van der Waals surface area contributed by atoms with Crippen molar-refractivity contribution in [3.8, 4) is 0 Å². The first kappa shape index (κ1) is 18.5. The van der Waals surface area contributed by atoms with Crippen LogP contribution in [-0.4, -0.2) is 30.6 Å². The second kappa shape index (κ2) is 10.1. The van der Waals surface area contributed by atoms with Crippen LogP contribution in [0, 0.1) is 5.92 Å². The summed E-state index contributed by atoms with van der Waals surface area (Å²) in [4.78, 5) is 10.4. The van der Waals surface area contributed by atoms with Gasteiger partial charge in [0.15, 0.2) is 5.96 Å². The molecule has 2 heterocycles. The summed E-state index contributed by atoms with van der Waals surface area (Å²) in [5.74, 6) is 2.39. The third kappa shape index (κ3) is 6.74. The van der Waals surface area contributed by atoms with Gasteiger partial charge < -0.3 is 15.1 Å². The molecule has 0 atom stereocenters. The zero-order valence-electron chi connectivity index (χ0n) is 14.8. The van der Waals surface area contributed by atoms with E-state index in [-0.39, 0.29) is 0 Å². The number of aliphatic imine (C=N–C) groups is 1. The lowest BCUT2D eigenvalue weighted by Crippen LogP contribution is -2.39. The van der Waals surface area contributed by atoms with Crippen LogP contribution in [0.1, 0.15) is 36.4 Å². The molecule has 0 aromatic carbocycles. The molecule has 0 radical (unpaired) electrons. The zero-order valence-corrected chi connectivity index (χ0v) is 15.7. The van der Waals surface area contributed by atoms with Gasteiger partial charge in [0.05, 0.1) is 11.3 Å². The van der Waals surface area contributed by atoms with Gasteiger partial charge in [-0.05, 0) is 24.5 Å². The monoisotopic (exact) mass is 348 g/mol. The number of hydrogen-bond donors (Lipinski definition) is 2. The Hall–Kier alpha value is -1.82. The Kier molecular flexibility index (Phi) is 7.82. The van der Waals surface area contributed by atoms with E-state index in [2.05, 4.69) is 41.4 Å². The van der Waals surface area contributed by atoms with Crippen LogP contribution in [0.5, 0.6) is 0 Å². The minimum atomic E-state index is 0.541. The Labute approximate surface area is 148 Å². The van der Waals surface area contributed by atoms with Gasteiger partial charge in [0.2, 0.25) is 0 Å². The first-order valence-corrected chi connectivity index (χ1v) is 9.47. The second-order valence-electron chi connectivity index (χ2n) is 6.09. The standard InChI is InChI=1S/C18H28N4OS/c1-4-16-13-21-17(24-16)8-10-20-18(22-12-14(2)3)19-9-7-15-6-5-11-23-15/h5-6,11,13-14H,4,7-10,12H2,1-3H3,(H2,19,20,22). The van der Waals surface area contributed by atoms with Gasteiger partial charge in [-0.3, -0.25) is 4.99 Å². The Bertz CT molecular complexity index is 604. The maximum Gasteiger partial charge on any atom is 0.191 e. The van der Waals surface area contributed by atoms with E-state index in [1.807, 2.05) is 18.3 Å². The lowest BCUT2D eigenvalue weighted by Gasteiger charge is -2.12. The highest BCUT2D eigenvalue weighted by Crippen LogP contribution is 2.13. The number of nitrogens with zero attached hydrogens (tertiary/aromatic N) is 2. The molecule has 0 unspecified atom stereocenters. The Morgan fingerprint density at radius 2 is 2.08 bits per heavy atom. The van der Waals surface area contributed by atoms with Gasteiger partial charge in [-0.15, -0.1) is 11.3 Å². The lowest BCUT2D eigenvalue weighted by molar-refractivity contribution is 0.506. The van der Waals surface area contributed by atoms with Gasteiger partial charge in [-0.2, -0.15) is 0 Å². The summed E-state index contributed by atoms with van der Waals surface area (Å²) in [5, 5.41) is 7.96. The van der Waals surface area contributed by atoms with Crippen molar-refractivity contribution in [3.05, 3.63) is 40.2 Å². The minimum Gasteiger partial charge on any atom is -0.469 e. The molecule has 0 saturated carbocycles. The first-order chi connectivity index (χ1) is 11.7. The molecule has 2 N–H and O–H groups in total. The van der Waals surface area contributed by atoms with E-state index in [0.717, 1.165) is 50.6 Å². The van der Waals surface area contributed by atoms with Crippen molar-refractivity contribution in [3.63, 3.8) is 0 Å². The molecule has 132 valence electrons. The minimum absolute atomic E-state index is 0.541. The van der Waals surface area contributed by atoms with E-state index < -0.39 is 0 Å². The topological polar surface area (TPSA) is 62.5 Å². The Balaban J connectivity index is 1.77. The fraction of sp³-hybridized carbons (Fsp3) is 0.556. The SMILES string of the molecule is CCc1cnc(CCNC(=NCC(C)C)NCCc2ccco2)s1. The van der Waals surface area contributed by atoms with Crippen LogP contribution in [-0.2, 0) is 19.3 Å². The molecule has 6 heteroatoms. The molecule has 2 aromatic heterocycles. The van der Waals surface area contributed by atoms with Crippen molar-refractivity contribution in [1.82, 2.24) is 15.6 Å². The van der Waals surface area contributed by atoms with Gasteiger partial charge in [-0.25, -0.2) is 4.98 Å². The molecule has 0 amide bonds. The van der Waals surface area contributed by atoms with Gasteiger partial charge in [0.1, 0.15) is 5.76 Å². The van der Waals surface area contributed by atoms with Crippen molar-refractivity contribution in [2.45, 2.75) is 40.0 Å². The number of furan rings is 1. The third-order valence-electron chi connectivity index (χ3n) is 3.44. The lowest BCUT2D eigenvalue weighted by atomic mass is 10.2. The maximum absolute atomic E-state index is 5.36. The number of guanidine groups is 1. The number of thiazole rings is 1. The summed E-state index contributed by atoms with van der Waals surface area (Å²) in [6, 6.07) is 3.91. The highest BCUT2D eigenvalue weighted by molar-refractivity contribution is 7.11. The summed E-state index contributed by atoms with van der Waals surface area (Å²) in [6.07, 6.45) is 6.52. The third-order valence-corrected chi connectivity index (χ3v) is 4.64. The summed E-state index contributed by atoms with van der Waals surface area (Å²) < 4.78 is 5.36. The summed E-state index contributed by atoms with van der Waals surface area (Å²) in [5.41, 5.74) is 0. The molecule has 0 aliphatic carbocycles. The Morgan fingerprint density at radius 1 is 1.29 bits per heavy atom. The molecule has 0 spiro atoms. The van der Waals surface area contributed by atoms with Crippen molar-refractivity contribution in [2.24, 2.45) is 10.9 Å². The molecule has 0 bridgehead atoms. The van der Waals surface area contributed by atoms with E-state index in [1.54, 1.807) is 17.6 Å². The van der Waals surface area contributed by atoms with Crippen LogP contribution in [0.4, 0.5) is 0 Å². The maximum atomic E-state index is 5.36. The molecule has 0 saturated heterocycles. The van der Waals surface area contributed by atoms with E-state index >= 15 is 0 Å². The molecule has 2 rings (SSSR count). The zero-order chi connectivity index (χ0) is 17.2. The second-order valence-corrected chi connectivity index (χ2v) is 7.29. The summed E-state index contributed by atoms with van der Waals surface area (Å²) in [7, 11) is 0. The average molecular weight is 349 g/mol. The van der Waals surface area contributed by atoms with Crippen LogP contribution in [0.3, 0.4) is 0 Å². The van der Waals surface area contributed by atoms with Crippen molar-refractivity contribution in [1.29, 1.82) is 0 Å². The van der Waals surface area contributed by atoms with Gasteiger partial charge >= 0.3 is 0 Å². The van der Waals surface area contributed by atoms with Crippen molar-refractivity contribution >= 4 is 17.3 Å². The largest absolute Gasteiger partial charge is 0.469 e. The highest BCUT2D eigenvalue weighted by Gasteiger charge is 2.04. The normalized spacial score (nSPS) is 11.9. The van der Waals surface area contributed by atoms with Gasteiger partial charge in [0, 0.05) is 43.5 Å². The molecule has 2 aromatic rings. The molecular formula is C18H28N4OS. The smallest absolute Gasteiger partial charge is 0.191 e. The fourth-order valence-electron chi connectivity index (χ4n) is 2.12.